The number of benzene rings is 2. The van der Waals surface area contributed by atoms with Crippen molar-refractivity contribution in [3.8, 4) is 17.0 Å². The van der Waals surface area contributed by atoms with Crippen molar-refractivity contribution in [3.05, 3.63) is 68.1 Å². The second kappa shape index (κ2) is 7.55. The lowest BCUT2D eigenvalue weighted by Gasteiger charge is -2.08. The number of hydrogen-bond donors (Lipinski definition) is 2. The molecule has 8 heteroatoms. The fourth-order valence-corrected chi connectivity index (χ4v) is 3.60. The normalized spacial score (nSPS) is 11.1. The van der Waals surface area contributed by atoms with Crippen molar-refractivity contribution in [3.63, 3.8) is 0 Å². The van der Waals surface area contributed by atoms with Crippen LogP contribution in [0.3, 0.4) is 0 Å². The van der Waals surface area contributed by atoms with Crippen molar-refractivity contribution < 1.29 is 10.0 Å². The Morgan fingerprint density at radius 2 is 1.93 bits per heavy atom. The van der Waals surface area contributed by atoms with Crippen LogP contribution in [0.2, 0.25) is 0 Å². The number of phenolic OH excluding ortho intramolecular Hbond substituents is 1. The summed E-state index contributed by atoms with van der Waals surface area (Å²) in [6.07, 6.45) is 1.44. The van der Waals surface area contributed by atoms with Gasteiger partial charge in [0.05, 0.1) is 16.8 Å². The van der Waals surface area contributed by atoms with E-state index in [0.717, 1.165) is 11.3 Å². The van der Waals surface area contributed by atoms with Crippen LogP contribution in [0.4, 0.5) is 10.8 Å². The molecule has 0 fully saturated rings. The molecule has 0 aliphatic rings. The van der Waals surface area contributed by atoms with Crippen molar-refractivity contribution >= 4 is 28.4 Å². The molecule has 7 nitrogen and oxygen atoms in total. The molecule has 0 amide bonds. The van der Waals surface area contributed by atoms with Gasteiger partial charge in [-0.05, 0) is 44.0 Å². The second-order valence-corrected chi connectivity index (χ2v) is 7.04. The van der Waals surface area contributed by atoms with Crippen molar-refractivity contribution in [1.29, 1.82) is 0 Å². The van der Waals surface area contributed by atoms with Gasteiger partial charge in [0, 0.05) is 22.6 Å². The Labute approximate surface area is 160 Å². The predicted octanol–water partition coefficient (Wildman–Crippen LogP) is 4.80. The number of hydrazone groups is 1. The highest BCUT2D eigenvalue weighted by Crippen LogP contribution is 2.31. The molecule has 0 spiro atoms. The van der Waals surface area contributed by atoms with Crippen LogP contribution in [0.5, 0.6) is 5.75 Å². The third-order valence-corrected chi connectivity index (χ3v) is 4.75. The number of nitrogens with one attached hydrogen (secondary N) is 1. The van der Waals surface area contributed by atoms with E-state index in [1.54, 1.807) is 6.07 Å². The SMILES string of the molecule is Cc1cc(C)c(-c2csc(N/N=C\c3ccc(O)c([N+](=O)[O-])c3)n2)c(C)c1. The first-order valence-electron chi connectivity index (χ1n) is 8.15. The molecule has 2 aromatic carbocycles. The summed E-state index contributed by atoms with van der Waals surface area (Å²) in [7, 11) is 0. The summed E-state index contributed by atoms with van der Waals surface area (Å²) in [6, 6.07) is 8.33. The van der Waals surface area contributed by atoms with Crippen LogP contribution in [0.15, 0.2) is 40.8 Å². The first-order valence-corrected chi connectivity index (χ1v) is 9.03. The van der Waals surface area contributed by atoms with E-state index in [0.29, 0.717) is 10.7 Å². The van der Waals surface area contributed by atoms with Crippen LogP contribution in [-0.2, 0) is 0 Å². The first kappa shape index (κ1) is 18.5. The van der Waals surface area contributed by atoms with E-state index in [1.807, 2.05) is 5.38 Å². The molecule has 1 aromatic heterocycles. The monoisotopic (exact) mass is 382 g/mol. The standard InChI is InChI=1S/C19H18N4O3S/c1-11-6-12(2)18(13(3)7-11)15-10-27-19(21-15)22-20-9-14-4-5-17(24)16(8-14)23(25)26/h4-10,24H,1-3H3,(H,21,22)/b20-9-. The molecular weight excluding hydrogens is 364 g/mol. The van der Waals surface area contributed by atoms with Crippen molar-refractivity contribution in [1.82, 2.24) is 4.98 Å². The van der Waals surface area contributed by atoms with Crippen molar-refractivity contribution in [2.24, 2.45) is 5.10 Å². The predicted molar refractivity (Wildman–Crippen MR) is 108 cm³/mol. The van der Waals surface area contributed by atoms with Gasteiger partial charge in [-0.15, -0.1) is 11.3 Å². The molecular formula is C19H18N4O3S. The molecule has 1 heterocycles. The number of phenols is 1. The Kier molecular flexibility index (Phi) is 5.18. The summed E-state index contributed by atoms with van der Waals surface area (Å²) >= 11 is 1.43. The largest absolute Gasteiger partial charge is 0.502 e. The fraction of sp³-hybridized carbons (Fsp3) is 0.158. The Morgan fingerprint density at radius 3 is 2.59 bits per heavy atom. The molecule has 138 valence electrons. The highest BCUT2D eigenvalue weighted by atomic mass is 32.1. The zero-order valence-electron chi connectivity index (χ0n) is 15.1. The molecule has 0 bridgehead atoms. The number of nitro groups is 1. The molecule has 3 rings (SSSR count). The summed E-state index contributed by atoms with van der Waals surface area (Å²) in [4.78, 5) is 14.8. The van der Waals surface area contributed by atoms with E-state index in [2.05, 4.69) is 48.4 Å². The third-order valence-electron chi connectivity index (χ3n) is 4.01. The number of hydrogen-bond acceptors (Lipinski definition) is 7. The van der Waals surface area contributed by atoms with Gasteiger partial charge >= 0.3 is 5.69 Å². The molecule has 27 heavy (non-hydrogen) atoms. The summed E-state index contributed by atoms with van der Waals surface area (Å²) in [5.74, 6) is -0.376. The van der Waals surface area contributed by atoms with E-state index >= 15 is 0 Å². The lowest BCUT2D eigenvalue weighted by molar-refractivity contribution is -0.385. The van der Waals surface area contributed by atoms with Crippen LogP contribution in [0, 0.1) is 30.9 Å². The minimum atomic E-state index is -0.639. The van der Waals surface area contributed by atoms with Gasteiger partial charge in [-0.3, -0.25) is 15.5 Å². The Bertz CT molecular complexity index is 1020. The van der Waals surface area contributed by atoms with Gasteiger partial charge < -0.3 is 5.11 Å². The van der Waals surface area contributed by atoms with E-state index in [1.165, 1.54) is 46.4 Å². The molecule has 0 aliphatic heterocycles. The summed E-state index contributed by atoms with van der Waals surface area (Å²) < 4.78 is 0. The van der Waals surface area contributed by atoms with E-state index < -0.39 is 4.92 Å². The number of rotatable bonds is 5. The minimum absolute atomic E-state index is 0.360. The maximum Gasteiger partial charge on any atom is 0.311 e. The highest BCUT2D eigenvalue weighted by Gasteiger charge is 2.13. The molecule has 0 radical (unpaired) electrons. The molecule has 3 aromatic rings. The average molecular weight is 382 g/mol. The van der Waals surface area contributed by atoms with Gasteiger partial charge in [-0.25, -0.2) is 4.98 Å². The van der Waals surface area contributed by atoms with E-state index in [9.17, 15) is 15.2 Å². The maximum atomic E-state index is 10.9. The quantitative estimate of drug-likeness (QED) is 0.375. The van der Waals surface area contributed by atoms with Gasteiger partial charge in [0.2, 0.25) is 5.13 Å². The molecule has 0 aliphatic carbocycles. The molecule has 0 saturated carbocycles. The van der Waals surface area contributed by atoms with Gasteiger partial charge in [-0.2, -0.15) is 5.10 Å². The second-order valence-electron chi connectivity index (χ2n) is 6.19. The number of aromatic hydroxyl groups is 1. The number of nitrogens with zero attached hydrogens (tertiary/aromatic N) is 3. The zero-order valence-corrected chi connectivity index (χ0v) is 15.9. The van der Waals surface area contributed by atoms with Gasteiger partial charge in [-0.1, -0.05) is 17.7 Å². The number of nitro benzene ring substituents is 1. The maximum absolute atomic E-state index is 10.9. The van der Waals surface area contributed by atoms with Gasteiger partial charge in [0.25, 0.3) is 0 Å². The smallest absolute Gasteiger partial charge is 0.311 e. The van der Waals surface area contributed by atoms with Crippen LogP contribution < -0.4 is 5.43 Å². The summed E-state index contributed by atoms with van der Waals surface area (Å²) in [5, 5.41) is 27.0. The lowest BCUT2D eigenvalue weighted by Crippen LogP contribution is -1.94. The summed E-state index contributed by atoms with van der Waals surface area (Å²) in [5.41, 5.74) is 8.53. The van der Waals surface area contributed by atoms with Crippen LogP contribution in [0.1, 0.15) is 22.3 Å². The molecule has 2 N–H and O–H groups in total. The Balaban J connectivity index is 1.77. The lowest BCUT2D eigenvalue weighted by atomic mass is 9.98. The topological polar surface area (TPSA) is 101 Å². The highest BCUT2D eigenvalue weighted by molar-refractivity contribution is 7.14. The van der Waals surface area contributed by atoms with Gasteiger partial charge in [0.1, 0.15) is 0 Å². The van der Waals surface area contributed by atoms with E-state index in [-0.39, 0.29) is 11.4 Å². The van der Waals surface area contributed by atoms with Crippen LogP contribution in [0.25, 0.3) is 11.3 Å². The van der Waals surface area contributed by atoms with Gasteiger partial charge in [0.15, 0.2) is 5.75 Å². The number of thiazole rings is 1. The molecule has 0 atom stereocenters. The molecule has 0 saturated heterocycles. The van der Waals surface area contributed by atoms with Crippen LogP contribution >= 0.6 is 11.3 Å². The number of aryl methyl sites for hydroxylation is 3. The minimum Gasteiger partial charge on any atom is -0.502 e. The number of aromatic nitrogens is 1. The zero-order chi connectivity index (χ0) is 19.6. The molecule has 0 unspecified atom stereocenters. The third kappa shape index (κ3) is 4.12. The van der Waals surface area contributed by atoms with E-state index in [4.69, 9.17) is 0 Å². The fourth-order valence-electron chi connectivity index (χ4n) is 2.95. The van der Waals surface area contributed by atoms with Crippen LogP contribution in [-0.4, -0.2) is 21.2 Å². The Hall–Kier alpha value is -3.26. The van der Waals surface area contributed by atoms with Crippen molar-refractivity contribution in [2.75, 3.05) is 5.43 Å². The summed E-state index contributed by atoms with van der Waals surface area (Å²) in [6.45, 7) is 6.20. The van der Waals surface area contributed by atoms with Crippen molar-refractivity contribution in [2.45, 2.75) is 20.8 Å². The Morgan fingerprint density at radius 1 is 1.22 bits per heavy atom. The number of anilines is 1. The average Bonchev–Trinajstić information content (AvgIpc) is 3.03. The first-order chi connectivity index (χ1) is 12.8.